The molecule has 106 valence electrons. The molecule has 4 nitrogen and oxygen atoms in total. The van der Waals surface area contributed by atoms with Crippen LogP contribution >= 0.6 is 11.6 Å². The van der Waals surface area contributed by atoms with Crippen LogP contribution in [0.15, 0.2) is 30.3 Å². The monoisotopic (exact) mass is 292 g/mol. The van der Waals surface area contributed by atoms with Crippen molar-refractivity contribution in [1.82, 2.24) is 9.80 Å². The maximum atomic E-state index is 12.5. The van der Waals surface area contributed by atoms with Gasteiger partial charge in [0.05, 0.1) is 0 Å². The van der Waals surface area contributed by atoms with Gasteiger partial charge in [0, 0.05) is 32.1 Å². The summed E-state index contributed by atoms with van der Waals surface area (Å²) in [6.45, 7) is 1.82. The molecule has 1 aromatic carbocycles. The standard InChI is InChI=1S/C15H17ClN2O2/c16-14(11-4-2-1-3-5-11)15(20)17-8-9-18-12(10-17)6-7-13(18)19/h1-5,12,14H,6-10H2. The second-order valence-corrected chi connectivity index (χ2v) is 5.77. The summed E-state index contributed by atoms with van der Waals surface area (Å²) >= 11 is 6.29. The zero-order valence-corrected chi connectivity index (χ0v) is 11.9. The average Bonchev–Trinajstić information content (AvgIpc) is 2.87. The van der Waals surface area contributed by atoms with Gasteiger partial charge in [-0.3, -0.25) is 9.59 Å². The van der Waals surface area contributed by atoms with Crippen LogP contribution in [0.2, 0.25) is 0 Å². The van der Waals surface area contributed by atoms with Gasteiger partial charge in [0.15, 0.2) is 0 Å². The van der Waals surface area contributed by atoms with Crippen molar-refractivity contribution in [3.8, 4) is 0 Å². The second-order valence-electron chi connectivity index (χ2n) is 5.34. The zero-order chi connectivity index (χ0) is 14.1. The van der Waals surface area contributed by atoms with Gasteiger partial charge in [0.2, 0.25) is 11.8 Å². The van der Waals surface area contributed by atoms with Gasteiger partial charge < -0.3 is 9.80 Å². The van der Waals surface area contributed by atoms with Crippen LogP contribution in [0, 0.1) is 0 Å². The van der Waals surface area contributed by atoms with E-state index in [9.17, 15) is 9.59 Å². The van der Waals surface area contributed by atoms with Gasteiger partial charge in [-0.05, 0) is 12.0 Å². The van der Waals surface area contributed by atoms with Crippen LogP contribution in [0.3, 0.4) is 0 Å². The van der Waals surface area contributed by atoms with Crippen LogP contribution in [0.25, 0.3) is 0 Å². The number of carbonyl (C=O) groups excluding carboxylic acids is 2. The Morgan fingerprint density at radius 2 is 2.00 bits per heavy atom. The molecule has 2 aliphatic rings. The summed E-state index contributed by atoms with van der Waals surface area (Å²) < 4.78 is 0. The highest BCUT2D eigenvalue weighted by Crippen LogP contribution is 2.27. The number of nitrogens with zero attached hydrogens (tertiary/aromatic N) is 2. The molecule has 20 heavy (non-hydrogen) atoms. The fraction of sp³-hybridized carbons (Fsp3) is 0.467. The van der Waals surface area contributed by atoms with E-state index in [1.54, 1.807) is 4.90 Å². The van der Waals surface area contributed by atoms with Gasteiger partial charge in [0.25, 0.3) is 0 Å². The van der Waals surface area contributed by atoms with Crippen LogP contribution in [-0.2, 0) is 9.59 Å². The summed E-state index contributed by atoms with van der Waals surface area (Å²) in [4.78, 5) is 27.8. The number of hydrogen-bond acceptors (Lipinski definition) is 2. The van der Waals surface area contributed by atoms with E-state index < -0.39 is 5.38 Å². The lowest BCUT2D eigenvalue weighted by Crippen LogP contribution is -2.53. The molecule has 2 atom stereocenters. The third-order valence-electron chi connectivity index (χ3n) is 4.12. The third-order valence-corrected chi connectivity index (χ3v) is 4.55. The molecular formula is C15H17ClN2O2. The minimum atomic E-state index is -0.639. The van der Waals surface area contributed by atoms with Crippen molar-refractivity contribution in [2.45, 2.75) is 24.3 Å². The Bertz CT molecular complexity index is 520. The topological polar surface area (TPSA) is 40.6 Å². The molecule has 5 heteroatoms. The Kier molecular flexibility index (Phi) is 3.66. The summed E-state index contributed by atoms with van der Waals surface area (Å²) in [7, 11) is 0. The van der Waals surface area contributed by atoms with E-state index in [1.165, 1.54) is 0 Å². The minimum absolute atomic E-state index is 0.0585. The third kappa shape index (κ3) is 2.40. The molecular weight excluding hydrogens is 276 g/mol. The number of benzene rings is 1. The number of rotatable bonds is 2. The molecule has 0 aromatic heterocycles. The molecule has 0 N–H and O–H groups in total. The number of carbonyl (C=O) groups is 2. The lowest BCUT2D eigenvalue weighted by atomic mass is 10.1. The minimum Gasteiger partial charge on any atom is -0.337 e. The summed E-state index contributed by atoms with van der Waals surface area (Å²) in [6, 6.07) is 9.58. The molecule has 0 bridgehead atoms. The largest absolute Gasteiger partial charge is 0.337 e. The van der Waals surface area contributed by atoms with E-state index in [-0.39, 0.29) is 17.9 Å². The molecule has 3 rings (SSSR count). The molecule has 0 saturated carbocycles. The molecule has 0 radical (unpaired) electrons. The van der Waals surface area contributed by atoms with Gasteiger partial charge in [-0.25, -0.2) is 0 Å². The lowest BCUT2D eigenvalue weighted by Gasteiger charge is -2.38. The quantitative estimate of drug-likeness (QED) is 0.780. The van der Waals surface area contributed by atoms with Crippen molar-refractivity contribution in [1.29, 1.82) is 0 Å². The first kappa shape index (κ1) is 13.4. The van der Waals surface area contributed by atoms with Crippen molar-refractivity contribution in [2.75, 3.05) is 19.6 Å². The smallest absolute Gasteiger partial charge is 0.245 e. The number of fused-ring (bicyclic) bond motifs is 1. The van der Waals surface area contributed by atoms with Gasteiger partial charge in [0.1, 0.15) is 5.38 Å². The molecule has 2 saturated heterocycles. The van der Waals surface area contributed by atoms with Gasteiger partial charge in [-0.15, -0.1) is 11.6 Å². The normalized spacial score (nSPS) is 23.6. The Morgan fingerprint density at radius 1 is 1.25 bits per heavy atom. The van der Waals surface area contributed by atoms with E-state index in [0.717, 1.165) is 12.0 Å². The van der Waals surface area contributed by atoms with Gasteiger partial charge in [-0.2, -0.15) is 0 Å². The van der Waals surface area contributed by atoms with Gasteiger partial charge in [-0.1, -0.05) is 30.3 Å². The van der Waals surface area contributed by atoms with Crippen LogP contribution < -0.4 is 0 Å². The Balaban J connectivity index is 1.68. The van der Waals surface area contributed by atoms with E-state index in [1.807, 2.05) is 35.2 Å². The molecule has 2 heterocycles. The number of halogens is 1. The van der Waals surface area contributed by atoms with E-state index in [2.05, 4.69) is 0 Å². The Hall–Kier alpha value is -1.55. The molecule has 2 fully saturated rings. The van der Waals surface area contributed by atoms with E-state index >= 15 is 0 Å². The SMILES string of the molecule is O=C(C(Cl)c1ccccc1)N1CCN2C(=O)CCC2C1. The molecule has 0 spiro atoms. The summed E-state index contributed by atoms with van der Waals surface area (Å²) in [5.41, 5.74) is 0.823. The number of hydrogen-bond donors (Lipinski definition) is 0. The lowest BCUT2D eigenvalue weighted by molar-refractivity contribution is -0.138. The van der Waals surface area contributed by atoms with Crippen molar-refractivity contribution >= 4 is 23.4 Å². The highest BCUT2D eigenvalue weighted by molar-refractivity contribution is 6.30. The molecule has 2 aliphatic heterocycles. The first-order chi connectivity index (χ1) is 9.66. The molecule has 1 aromatic rings. The summed E-state index contributed by atoms with van der Waals surface area (Å²) in [5, 5.41) is -0.639. The van der Waals surface area contributed by atoms with Crippen LogP contribution in [-0.4, -0.2) is 47.3 Å². The fourth-order valence-corrected chi connectivity index (χ4v) is 3.27. The highest BCUT2D eigenvalue weighted by atomic mass is 35.5. The molecule has 2 amide bonds. The van der Waals surface area contributed by atoms with Crippen LogP contribution in [0.4, 0.5) is 0 Å². The maximum absolute atomic E-state index is 12.5. The first-order valence-electron chi connectivity index (χ1n) is 6.94. The Labute approximate surface area is 123 Å². The molecule has 2 unspecified atom stereocenters. The van der Waals surface area contributed by atoms with Crippen molar-refractivity contribution < 1.29 is 9.59 Å². The van der Waals surface area contributed by atoms with Crippen molar-refractivity contribution in [2.24, 2.45) is 0 Å². The summed E-state index contributed by atoms with van der Waals surface area (Å²) in [5.74, 6) is 0.157. The fourth-order valence-electron chi connectivity index (χ4n) is 2.99. The van der Waals surface area contributed by atoms with Gasteiger partial charge >= 0.3 is 0 Å². The van der Waals surface area contributed by atoms with Crippen molar-refractivity contribution in [3.63, 3.8) is 0 Å². The van der Waals surface area contributed by atoms with Crippen LogP contribution in [0.5, 0.6) is 0 Å². The first-order valence-corrected chi connectivity index (χ1v) is 7.38. The number of piperazine rings is 1. The number of amides is 2. The second kappa shape index (κ2) is 5.44. The highest BCUT2D eigenvalue weighted by Gasteiger charge is 2.38. The van der Waals surface area contributed by atoms with E-state index in [0.29, 0.717) is 26.1 Å². The van der Waals surface area contributed by atoms with Crippen molar-refractivity contribution in [3.05, 3.63) is 35.9 Å². The predicted octanol–water partition coefficient (Wildman–Crippen LogP) is 1.80. The van der Waals surface area contributed by atoms with E-state index in [4.69, 9.17) is 11.6 Å². The zero-order valence-electron chi connectivity index (χ0n) is 11.2. The summed E-state index contributed by atoms with van der Waals surface area (Å²) in [6.07, 6.45) is 1.45. The Morgan fingerprint density at radius 3 is 2.75 bits per heavy atom. The number of alkyl halides is 1. The molecule has 0 aliphatic carbocycles. The predicted molar refractivity (Wildman–Crippen MR) is 76.4 cm³/mol. The van der Waals surface area contributed by atoms with Crippen LogP contribution in [0.1, 0.15) is 23.8 Å². The maximum Gasteiger partial charge on any atom is 0.245 e. The average molecular weight is 293 g/mol.